The largest absolute Gasteiger partial charge is 0.456 e. The molecule has 2 unspecified atom stereocenters. The fourth-order valence-electron chi connectivity index (χ4n) is 23.2. The number of thiophene rings is 1. The van der Waals surface area contributed by atoms with Gasteiger partial charge in [0, 0.05) is 130 Å². The monoisotopic (exact) mass is 1860 g/mol. The number of benzene rings is 17. The Kier molecular flexibility index (Phi) is 19.3. The maximum Gasteiger partial charge on any atom is 0.160 e. The normalized spacial score (nSPS) is 14.9. The van der Waals surface area contributed by atoms with Gasteiger partial charge in [0.05, 0.1) is 39.9 Å². The summed E-state index contributed by atoms with van der Waals surface area (Å²) in [6.07, 6.45) is 1.82. The van der Waals surface area contributed by atoms with E-state index in [4.69, 9.17) is 52.6 Å². The fraction of sp³-hybridized carbons (Fsp3) is 0.107. The third-order valence-corrected chi connectivity index (χ3v) is 32.3. The lowest BCUT2D eigenvalue weighted by atomic mass is 9.62. The van der Waals surface area contributed by atoms with Crippen LogP contribution in [0.3, 0.4) is 0 Å². The van der Waals surface area contributed by atoms with Crippen molar-refractivity contribution in [3.05, 3.63) is 428 Å². The number of furan rings is 4. The van der Waals surface area contributed by atoms with Gasteiger partial charge < -0.3 is 17.7 Å². The molecule has 143 heavy (non-hydrogen) atoms. The minimum atomic E-state index is -0.224. The van der Waals surface area contributed by atoms with Crippen LogP contribution in [0.25, 0.3) is 254 Å². The van der Waals surface area contributed by atoms with Crippen LogP contribution in [-0.2, 0) is 16.2 Å². The van der Waals surface area contributed by atoms with Crippen molar-refractivity contribution in [2.24, 2.45) is 11.3 Å². The Bertz CT molecular complexity index is 9780. The summed E-state index contributed by atoms with van der Waals surface area (Å²) >= 11 is 1.82. The molecule has 9 aromatic heterocycles. The van der Waals surface area contributed by atoms with Gasteiger partial charge in [-0.1, -0.05) is 341 Å². The third kappa shape index (κ3) is 13.4. The highest BCUT2D eigenvalue weighted by Crippen LogP contribution is 2.62. The van der Waals surface area contributed by atoms with Gasteiger partial charge in [-0.3, -0.25) is 4.98 Å². The van der Waals surface area contributed by atoms with Crippen molar-refractivity contribution >= 4 is 130 Å². The van der Waals surface area contributed by atoms with Crippen molar-refractivity contribution in [2.45, 2.75) is 78.6 Å². The van der Waals surface area contributed by atoms with Crippen LogP contribution < -0.4 is 0 Å². The molecule has 2 atom stereocenters. The van der Waals surface area contributed by atoms with Crippen LogP contribution in [0.15, 0.2) is 412 Å². The SMILES string of the molecule is CC(C)(C)C1(C)c2ccc(-c3nc(-c4ccccc4)cc(-c4cccc5oc6ccccc6c45)n3)cc2-c2c1ccc1oc3ccccc3c21.CC(C)C1(C)c2ccc(-c3nc(-c4ccccn4)cc(-c4cccc5c4sc4ccccc45)n3)cc2-c2c1ccc1oc3ccccc3c21.CC1(C)c2ccc(-c3nc(-c4ccccc4)cc(-c4ccc5ccccc5c4)n3)cc2-c2c1ccc1oc3ccccc3c21. The van der Waals surface area contributed by atoms with E-state index in [1.165, 1.54) is 114 Å². The smallest absolute Gasteiger partial charge is 0.160 e. The van der Waals surface area contributed by atoms with Crippen LogP contribution in [0, 0.1) is 11.3 Å². The second-order valence-corrected chi connectivity index (χ2v) is 41.5. The van der Waals surface area contributed by atoms with Crippen LogP contribution in [0.4, 0.5) is 0 Å². The predicted octanol–water partition coefficient (Wildman–Crippen LogP) is 35.5. The number of aromatic nitrogens is 7. The maximum absolute atomic E-state index is 6.42. The van der Waals surface area contributed by atoms with Crippen LogP contribution in [0.2, 0.25) is 0 Å². The highest BCUT2D eigenvalue weighted by atomic mass is 32.1. The number of pyridine rings is 1. The summed E-state index contributed by atoms with van der Waals surface area (Å²) < 4.78 is 27.9. The van der Waals surface area contributed by atoms with E-state index in [1.807, 2.05) is 90.3 Å². The molecule has 3 aliphatic rings. The van der Waals surface area contributed by atoms with Gasteiger partial charge in [-0.15, -0.1) is 11.3 Å². The molecule has 0 N–H and O–H groups in total. The molecule has 0 saturated carbocycles. The Morgan fingerprint density at radius 2 is 0.657 bits per heavy atom. The summed E-state index contributed by atoms with van der Waals surface area (Å²) in [6.45, 7) is 21.1. The van der Waals surface area contributed by atoms with Gasteiger partial charge >= 0.3 is 0 Å². The summed E-state index contributed by atoms with van der Waals surface area (Å²) in [5, 5.41) is 14.0. The molecule has 0 saturated heterocycles. The van der Waals surface area contributed by atoms with Crippen molar-refractivity contribution in [3.63, 3.8) is 0 Å². The second-order valence-electron chi connectivity index (χ2n) is 40.5. The molecular weight excluding hydrogens is 1770 g/mol. The zero-order valence-electron chi connectivity index (χ0n) is 80.3. The molecule has 26 aromatic rings. The van der Waals surface area contributed by atoms with Gasteiger partial charge in [0.15, 0.2) is 17.5 Å². The molecule has 17 aromatic carbocycles. The fourth-order valence-corrected chi connectivity index (χ4v) is 24.5. The van der Waals surface area contributed by atoms with Crippen molar-refractivity contribution < 1.29 is 17.7 Å². The zero-order valence-corrected chi connectivity index (χ0v) is 81.1. The topological polar surface area (TPSA) is 143 Å². The Balaban J connectivity index is 0.000000107. The molecule has 29 rings (SSSR count). The first-order valence-corrected chi connectivity index (χ1v) is 49.9. The van der Waals surface area contributed by atoms with Gasteiger partial charge in [0.25, 0.3) is 0 Å². The van der Waals surface area contributed by atoms with E-state index in [-0.39, 0.29) is 21.7 Å². The van der Waals surface area contributed by atoms with Crippen molar-refractivity contribution in [3.8, 4) is 135 Å². The molecule has 0 spiro atoms. The number of fused-ring (bicyclic) bond motifs is 28. The quantitative estimate of drug-likeness (QED) is 0.129. The minimum Gasteiger partial charge on any atom is -0.456 e. The Morgan fingerprint density at radius 3 is 1.23 bits per heavy atom. The molecule has 682 valence electrons. The van der Waals surface area contributed by atoms with E-state index < -0.39 is 0 Å². The molecule has 0 bridgehead atoms. The molecular formula is C131H93N7O4S. The van der Waals surface area contributed by atoms with Gasteiger partial charge in [-0.2, -0.15) is 0 Å². The summed E-state index contributed by atoms with van der Waals surface area (Å²) in [5.74, 6) is 2.46. The first-order chi connectivity index (χ1) is 69.8. The average molecular weight is 1860 g/mol. The highest BCUT2D eigenvalue weighted by Gasteiger charge is 2.49. The van der Waals surface area contributed by atoms with Crippen molar-refractivity contribution in [1.82, 2.24) is 34.9 Å². The molecule has 3 aliphatic carbocycles. The zero-order chi connectivity index (χ0) is 96.0. The third-order valence-electron chi connectivity index (χ3n) is 31.1. The number of rotatable bonds is 10. The molecule has 0 aliphatic heterocycles. The lowest BCUT2D eigenvalue weighted by Crippen LogP contribution is -2.36. The first kappa shape index (κ1) is 85.0. The molecule has 12 heteroatoms. The number of para-hydroxylation sites is 4. The van der Waals surface area contributed by atoms with Crippen LogP contribution in [0.5, 0.6) is 0 Å². The minimum absolute atomic E-state index is 0.0509. The second kappa shape index (κ2) is 32.5. The molecule has 0 fully saturated rings. The summed E-state index contributed by atoms with van der Waals surface area (Å²) in [4.78, 5) is 36.1. The van der Waals surface area contributed by atoms with Gasteiger partial charge in [-0.25, -0.2) is 29.9 Å². The van der Waals surface area contributed by atoms with Gasteiger partial charge in [0.1, 0.15) is 44.7 Å². The lowest BCUT2D eigenvalue weighted by molar-refractivity contribution is 0.255. The Labute approximate surface area is 829 Å². The average Bonchev–Trinajstić information content (AvgIpc) is 1.43. The number of hydrogen-bond donors (Lipinski definition) is 0. The molecule has 9 heterocycles. The maximum atomic E-state index is 6.42. The summed E-state index contributed by atoms with van der Waals surface area (Å²) in [7, 11) is 0. The van der Waals surface area contributed by atoms with E-state index >= 15 is 0 Å². The van der Waals surface area contributed by atoms with E-state index in [2.05, 4.69) is 378 Å². The Hall–Kier alpha value is -17.2. The van der Waals surface area contributed by atoms with E-state index in [0.29, 0.717) is 23.4 Å². The molecule has 0 amide bonds. The van der Waals surface area contributed by atoms with Crippen LogP contribution in [0.1, 0.15) is 95.7 Å². The van der Waals surface area contributed by atoms with Gasteiger partial charge in [-0.05, 0) is 198 Å². The Morgan fingerprint density at radius 1 is 0.259 bits per heavy atom. The molecule has 11 nitrogen and oxygen atoms in total. The first-order valence-electron chi connectivity index (χ1n) is 49.1. The van der Waals surface area contributed by atoms with Crippen molar-refractivity contribution in [1.29, 1.82) is 0 Å². The summed E-state index contributed by atoms with van der Waals surface area (Å²) in [5.41, 5.74) is 36.3. The summed E-state index contributed by atoms with van der Waals surface area (Å²) in [6, 6.07) is 136. The lowest BCUT2D eigenvalue weighted by Gasteiger charge is -2.41. The van der Waals surface area contributed by atoms with E-state index in [1.54, 1.807) is 0 Å². The van der Waals surface area contributed by atoms with Crippen LogP contribution in [-0.4, -0.2) is 34.9 Å². The molecule has 0 radical (unpaired) electrons. The van der Waals surface area contributed by atoms with E-state index in [0.717, 1.165) is 156 Å². The van der Waals surface area contributed by atoms with Crippen molar-refractivity contribution in [2.75, 3.05) is 0 Å². The van der Waals surface area contributed by atoms with E-state index in [9.17, 15) is 0 Å². The number of hydrogen-bond acceptors (Lipinski definition) is 12. The highest BCUT2D eigenvalue weighted by molar-refractivity contribution is 7.26. The van der Waals surface area contributed by atoms with Crippen LogP contribution >= 0.6 is 11.3 Å². The standard InChI is InChI=1S/C46H34N2O2.C44H31N3OS.C41H28N2O/c1-45(2,3)46(4)33-22-21-28(25-32(33)42-34(46)23-24-40-43(42)31-16-9-11-19-38(31)50-40)44-47-35(27-13-6-5-7-14-27)26-36(48-44)29-17-12-20-39-41(29)30-15-8-10-18-37(30)49-39;1-25(2)44(3)32-19-18-26(23-31(32)40-33(44)20-21-38-41(40)30-12-4-6-16-37(30)48-38)43-46-35(24-36(47-43)34-15-8-9-22-45-34)29-14-10-13-28-27-11-5-7-17-39(27)49-42(28)29;1-41(2)32-19-18-29(23-31(32)38-33(41)20-21-37-39(38)30-14-8-9-15-36(30)44-37)40-42-34(26-11-4-3-5-12-26)24-35(43-40)28-17-16-25-10-6-7-13-27(25)22-28/h5-26H,1-4H3;4-25H,1-3H3;3-24H,1-2H3. The van der Waals surface area contributed by atoms with Gasteiger partial charge in [0.2, 0.25) is 0 Å². The predicted molar refractivity (Wildman–Crippen MR) is 588 cm³/mol. The number of nitrogens with zero attached hydrogens (tertiary/aromatic N) is 7.